The van der Waals surface area contributed by atoms with E-state index in [1.165, 1.54) is 24.2 Å². The molecule has 2 aliphatic rings. The number of hydrogen-bond donors (Lipinski definition) is 0. The molecule has 2 saturated heterocycles. The van der Waals surface area contributed by atoms with Crippen LogP contribution in [0.3, 0.4) is 0 Å². The number of rotatable bonds is 6. The Morgan fingerprint density at radius 1 is 1.13 bits per heavy atom. The Morgan fingerprint density at radius 3 is 2.57 bits per heavy atom. The van der Waals surface area contributed by atoms with Gasteiger partial charge in [-0.2, -0.15) is 0 Å². The second-order valence-corrected chi connectivity index (χ2v) is 8.79. The van der Waals surface area contributed by atoms with Gasteiger partial charge in [-0.3, -0.25) is 14.7 Å². The van der Waals surface area contributed by atoms with Crippen molar-refractivity contribution in [3.8, 4) is 16.7 Å². The van der Waals surface area contributed by atoms with Gasteiger partial charge in [0.15, 0.2) is 0 Å². The summed E-state index contributed by atoms with van der Waals surface area (Å²) >= 11 is 1.50. The Morgan fingerprint density at radius 2 is 1.87 bits per heavy atom. The van der Waals surface area contributed by atoms with Crippen LogP contribution in [-0.2, 0) is 4.79 Å². The first kappa shape index (κ1) is 19.3. The first-order chi connectivity index (χ1) is 14.7. The van der Waals surface area contributed by atoms with Crippen LogP contribution in [0.1, 0.15) is 19.8 Å². The zero-order valence-corrected chi connectivity index (χ0v) is 17.7. The third kappa shape index (κ3) is 3.97. The molecule has 156 valence electrons. The van der Waals surface area contributed by atoms with Crippen molar-refractivity contribution in [1.29, 1.82) is 0 Å². The van der Waals surface area contributed by atoms with E-state index in [4.69, 9.17) is 9.47 Å². The molecule has 2 atom stereocenters. The lowest BCUT2D eigenvalue weighted by atomic mass is 10.2. The van der Waals surface area contributed by atoms with Gasteiger partial charge in [0, 0.05) is 44.8 Å². The highest BCUT2D eigenvalue weighted by Crippen LogP contribution is 2.32. The van der Waals surface area contributed by atoms with Gasteiger partial charge < -0.3 is 14.4 Å². The maximum atomic E-state index is 11.7. The number of amides is 1. The van der Waals surface area contributed by atoms with Crippen molar-refractivity contribution in [2.75, 3.05) is 26.2 Å². The summed E-state index contributed by atoms with van der Waals surface area (Å²) in [5.41, 5.74) is 0.843. The van der Waals surface area contributed by atoms with Gasteiger partial charge in [0.05, 0.1) is 10.9 Å². The predicted molar refractivity (Wildman–Crippen MR) is 115 cm³/mol. The number of ether oxygens (including phenoxy) is 2. The van der Waals surface area contributed by atoms with Crippen LogP contribution in [0, 0.1) is 0 Å². The molecule has 0 saturated carbocycles. The molecular weight excluding hydrogens is 400 g/mol. The van der Waals surface area contributed by atoms with Crippen LogP contribution < -0.4 is 9.47 Å². The molecule has 0 unspecified atom stereocenters. The van der Waals surface area contributed by atoms with Crippen LogP contribution in [0.15, 0.2) is 42.7 Å². The fourth-order valence-corrected chi connectivity index (χ4v) is 5.19. The van der Waals surface area contributed by atoms with E-state index < -0.39 is 0 Å². The molecule has 0 aliphatic carbocycles. The zero-order chi connectivity index (χ0) is 20.5. The number of nitrogens with zero attached hydrogens (tertiary/aromatic N) is 4. The summed E-state index contributed by atoms with van der Waals surface area (Å²) in [7, 11) is 0. The maximum Gasteiger partial charge on any atom is 0.279 e. The molecule has 0 spiro atoms. The number of benzene rings is 1. The lowest BCUT2D eigenvalue weighted by Crippen LogP contribution is -2.55. The summed E-state index contributed by atoms with van der Waals surface area (Å²) in [6, 6.07) is 10.5. The van der Waals surface area contributed by atoms with Gasteiger partial charge in [-0.25, -0.2) is 4.98 Å². The Hall–Kier alpha value is -2.71. The van der Waals surface area contributed by atoms with Crippen molar-refractivity contribution in [3.05, 3.63) is 42.7 Å². The molecular formula is C22H24N4O3S. The summed E-state index contributed by atoms with van der Waals surface area (Å²) in [5.74, 6) is 1.74. The number of thiazole rings is 1. The quantitative estimate of drug-likeness (QED) is 0.603. The number of piperazine rings is 1. The first-order valence-electron chi connectivity index (χ1n) is 10.3. The van der Waals surface area contributed by atoms with Crippen molar-refractivity contribution in [1.82, 2.24) is 19.8 Å². The van der Waals surface area contributed by atoms with E-state index >= 15 is 0 Å². The lowest BCUT2D eigenvalue weighted by Gasteiger charge is -2.40. The van der Waals surface area contributed by atoms with Crippen molar-refractivity contribution in [2.24, 2.45) is 0 Å². The summed E-state index contributed by atoms with van der Waals surface area (Å²) in [6.45, 7) is 4.89. The molecule has 0 radical (unpaired) electrons. The Labute approximate surface area is 179 Å². The highest BCUT2D eigenvalue weighted by Gasteiger charge is 2.40. The molecule has 1 aromatic carbocycles. The van der Waals surface area contributed by atoms with Crippen LogP contribution in [0.25, 0.3) is 10.2 Å². The summed E-state index contributed by atoms with van der Waals surface area (Å²) in [6.07, 6.45) is 5.83. The molecule has 1 amide bonds. The molecule has 7 nitrogen and oxygen atoms in total. The SMILES string of the molecule is CC(=O)N1C[C@H]2CC[C@@H](C1)N2CCOc1ccc(Oc2nc3cnccc3s2)cc1. The van der Waals surface area contributed by atoms with E-state index in [2.05, 4.69) is 14.9 Å². The number of carbonyl (C=O) groups is 1. The van der Waals surface area contributed by atoms with Crippen LogP contribution in [-0.4, -0.2) is 64.0 Å². The van der Waals surface area contributed by atoms with E-state index in [9.17, 15) is 4.79 Å². The van der Waals surface area contributed by atoms with Crippen LogP contribution >= 0.6 is 11.3 Å². The fourth-order valence-electron chi connectivity index (χ4n) is 4.39. The monoisotopic (exact) mass is 424 g/mol. The Bertz CT molecular complexity index is 991. The molecule has 2 fully saturated rings. The van der Waals surface area contributed by atoms with Crippen LogP contribution in [0.4, 0.5) is 0 Å². The topological polar surface area (TPSA) is 67.8 Å². The van der Waals surface area contributed by atoms with Crippen molar-refractivity contribution in [2.45, 2.75) is 31.8 Å². The van der Waals surface area contributed by atoms with E-state index in [0.717, 1.165) is 41.3 Å². The molecule has 4 heterocycles. The van der Waals surface area contributed by atoms with Gasteiger partial charge in [0.2, 0.25) is 5.91 Å². The third-order valence-corrected chi connectivity index (χ3v) is 6.81. The minimum atomic E-state index is 0.188. The Kier molecular flexibility index (Phi) is 5.26. The molecule has 3 aromatic rings. The van der Waals surface area contributed by atoms with E-state index in [-0.39, 0.29) is 5.91 Å². The summed E-state index contributed by atoms with van der Waals surface area (Å²) in [4.78, 5) is 24.7. The van der Waals surface area contributed by atoms with Gasteiger partial charge in [0.1, 0.15) is 23.6 Å². The van der Waals surface area contributed by atoms with Gasteiger partial charge in [-0.15, -0.1) is 0 Å². The number of aromatic nitrogens is 2. The van der Waals surface area contributed by atoms with Gasteiger partial charge in [0.25, 0.3) is 5.19 Å². The number of likely N-dealkylation sites (tertiary alicyclic amines) is 1. The lowest BCUT2D eigenvalue weighted by molar-refractivity contribution is -0.132. The Balaban J connectivity index is 1.13. The number of hydrogen-bond acceptors (Lipinski definition) is 7. The molecule has 8 heteroatoms. The third-order valence-electron chi connectivity index (χ3n) is 5.90. The summed E-state index contributed by atoms with van der Waals surface area (Å²) in [5, 5.41) is 0.604. The minimum absolute atomic E-state index is 0.188. The van der Waals surface area contributed by atoms with Gasteiger partial charge in [-0.1, -0.05) is 11.3 Å². The normalized spacial score (nSPS) is 21.2. The smallest absolute Gasteiger partial charge is 0.279 e. The minimum Gasteiger partial charge on any atom is -0.492 e. The predicted octanol–water partition coefficient (Wildman–Crippen LogP) is 3.56. The molecule has 30 heavy (non-hydrogen) atoms. The van der Waals surface area contributed by atoms with Crippen molar-refractivity contribution in [3.63, 3.8) is 0 Å². The average Bonchev–Trinajstić information content (AvgIpc) is 3.25. The molecule has 0 N–H and O–H groups in total. The van der Waals surface area contributed by atoms with Crippen LogP contribution in [0.2, 0.25) is 0 Å². The van der Waals surface area contributed by atoms with E-state index in [1.54, 1.807) is 19.3 Å². The van der Waals surface area contributed by atoms with Crippen molar-refractivity contribution < 1.29 is 14.3 Å². The van der Waals surface area contributed by atoms with Gasteiger partial charge >= 0.3 is 0 Å². The first-order valence-corrected chi connectivity index (χ1v) is 11.1. The maximum absolute atomic E-state index is 11.7. The largest absolute Gasteiger partial charge is 0.492 e. The standard InChI is InChI=1S/C22H24N4O3S/c1-15(27)25-13-16-2-3-17(14-25)26(16)10-11-28-18-4-6-19(7-5-18)29-22-24-20-12-23-9-8-21(20)30-22/h4-9,12,16-17H,2-3,10-11,13-14H2,1H3/t16-,17+. The van der Waals surface area contributed by atoms with E-state index in [0.29, 0.717) is 23.9 Å². The van der Waals surface area contributed by atoms with Crippen molar-refractivity contribution >= 4 is 27.5 Å². The number of fused-ring (bicyclic) bond motifs is 3. The second kappa shape index (κ2) is 8.20. The number of pyridine rings is 1. The fraction of sp³-hybridized carbons (Fsp3) is 0.409. The zero-order valence-electron chi connectivity index (χ0n) is 16.9. The van der Waals surface area contributed by atoms with Gasteiger partial charge in [-0.05, 0) is 43.2 Å². The van der Waals surface area contributed by atoms with E-state index in [1.807, 2.05) is 35.2 Å². The summed E-state index contributed by atoms with van der Waals surface area (Å²) < 4.78 is 12.9. The highest BCUT2D eigenvalue weighted by molar-refractivity contribution is 7.20. The average molecular weight is 425 g/mol. The molecule has 2 aliphatic heterocycles. The highest BCUT2D eigenvalue weighted by atomic mass is 32.1. The molecule has 5 rings (SSSR count). The molecule has 2 bridgehead atoms. The second-order valence-electron chi connectivity index (χ2n) is 7.79. The number of carbonyl (C=O) groups excluding carboxylic acids is 1. The molecule has 2 aromatic heterocycles. The van der Waals surface area contributed by atoms with Crippen LogP contribution in [0.5, 0.6) is 16.7 Å².